The molecule has 0 atom stereocenters. The zero-order valence-electron chi connectivity index (χ0n) is 15.3. The molecule has 0 radical (unpaired) electrons. The minimum absolute atomic E-state index is 0. The molecule has 1 aromatic carbocycles. The Bertz CT molecular complexity index is 691. The first-order valence-corrected chi connectivity index (χ1v) is 10.3. The van der Waals surface area contributed by atoms with Crippen LogP contribution < -0.4 is 10.6 Å². The summed E-state index contributed by atoms with van der Waals surface area (Å²) in [6.45, 7) is 5.73. The fraction of sp³-hybridized carbons (Fsp3) is 0.444. The summed E-state index contributed by atoms with van der Waals surface area (Å²) in [5.74, 6) is 2.63. The predicted octanol–water partition coefficient (Wildman–Crippen LogP) is 4.62. The third kappa shape index (κ3) is 7.79. The summed E-state index contributed by atoms with van der Waals surface area (Å²) in [4.78, 5) is 8.82. The van der Waals surface area contributed by atoms with Crippen LogP contribution in [0.15, 0.2) is 34.6 Å². The van der Waals surface area contributed by atoms with Gasteiger partial charge in [-0.1, -0.05) is 32.0 Å². The lowest BCUT2D eigenvalue weighted by Gasteiger charge is -2.11. The summed E-state index contributed by atoms with van der Waals surface area (Å²) in [6, 6.07) is 6.92. The highest BCUT2D eigenvalue weighted by atomic mass is 127. The fourth-order valence-corrected chi connectivity index (χ4v) is 3.83. The maximum Gasteiger partial charge on any atom is 0.191 e. The summed E-state index contributed by atoms with van der Waals surface area (Å²) in [6.07, 6.45) is 0. The van der Waals surface area contributed by atoms with E-state index in [1.54, 1.807) is 36.2 Å². The number of halogens is 2. The molecule has 2 aromatic rings. The molecule has 0 fully saturated rings. The first-order valence-electron chi connectivity index (χ1n) is 8.30. The average molecular weight is 508 g/mol. The van der Waals surface area contributed by atoms with Crippen molar-refractivity contribution < 1.29 is 4.39 Å². The second kappa shape index (κ2) is 12.5. The number of guanidine groups is 1. The van der Waals surface area contributed by atoms with Gasteiger partial charge in [0.2, 0.25) is 0 Å². The van der Waals surface area contributed by atoms with Crippen LogP contribution in [-0.4, -0.2) is 30.3 Å². The molecule has 1 aromatic heterocycles. The first kappa shape index (κ1) is 23.2. The molecule has 2 N–H and O–H groups in total. The molecule has 0 spiro atoms. The number of nitrogens with zero attached hydrogens (tertiary/aromatic N) is 2. The third-order valence-corrected chi connectivity index (χ3v) is 5.42. The quantitative estimate of drug-likeness (QED) is 0.237. The monoisotopic (exact) mass is 508 g/mol. The summed E-state index contributed by atoms with van der Waals surface area (Å²) < 4.78 is 13.5. The maximum atomic E-state index is 13.5. The van der Waals surface area contributed by atoms with Crippen molar-refractivity contribution in [3.8, 4) is 0 Å². The van der Waals surface area contributed by atoms with Crippen molar-refractivity contribution in [3.05, 3.63) is 51.7 Å². The van der Waals surface area contributed by atoms with Crippen LogP contribution in [0.4, 0.5) is 4.39 Å². The number of nitrogens with one attached hydrogen (secondary N) is 2. The number of aromatic nitrogens is 1. The van der Waals surface area contributed by atoms with E-state index in [1.807, 2.05) is 12.1 Å². The van der Waals surface area contributed by atoms with Crippen molar-refractivity contribution in [2.45, 2.75) is 32.1 Å². The molecule has 8 heteroatoms. The molecular formula is C18H26FIN4S2. The van der Waals surface area contributed by atoms with Crippen LogP contribution in [0.3, 0.4) is 0 Å². The highest BCUT2D eigenvalue weighted by Gasteiger charge is 2.06. The number of aliphatic imine (C=N–C) groups is 1. The van der Waals surface area contributed by atoms with Gasteiger partial charge in [0.05, 0.1) is 12.2 Å². The average Bonchev–Trinajstić information content (AvgIpc) is 3.08. The minimum atomic E-state index is -0.135. The van der Waals surface area contributed by atoms with Crippen LogP contribution >= 0.6 is 47.1 Å². The molecule has 0 aliphatic rings. The SMILES string of the molecule is CN=C(NCCSCc1ccccc1F)NCc1nc(C(C)C)cs1.I. The lowest BCUT2D eigenvalue weighted by Crippen LogP contribution is -2.37. The summed E-state index contributed by atoms with van der Waals surface area (Å²) in [5.41, 5.74) is 1.88. The van der Waals surface area contributed by atoms with E-state index < -0.39 is 0 Å². The zero-order valence-corrected chi connectivity index (χ0v) is 19.3. The van der Waals surface area contributed by atoms with E-state index >= 15 is 0 Å². The Hall–Kier alpha value is -0.870. The smallest absolute Gasteiger partial charge is 0.191 e. The highest BCUT2D eigenvalue weighted by Crippen LogP contribution is 2.17. The predicted molar refractivity (Wildman–Crippen MR) is 122 cm³/mol. The van der Waals surface area contributed by atoms with Crippen LogP contribution in [0, 0.1) is 5.82 Å². The molecule has 0 saturated carbocycles. The highest BCUT2D eigenvalue weighted by molar-refractivity contribution is 14.0. The van der Waals surface area contributed by atoms with Gasteiger partial charge in [0.1, 0.15) is 10.8 Å². The normalized spacial score (nSPS) is 11.3. The second-order valence-electron chi connectivity index (χ2n) is 5.82. The zero-order chi connectivity index (χ0) is 18.1. The molecule has 0 saturated heterocycles. The van der Waals surface area contributed by atoms with Gasteiger partial charge in [-0.25, -0.2) is 9.37 Å². The largest absolute Gasteiger partial charge is 0.356 e. The molecular weight excluding hydrogens is 482 g/mol. The minimum Gasteiger partial charge on any atom is -0.356 e. The van der Waals surface area contributed by atoms with E-state index in [2.05, 4.69) is 39.8 Å². The van der Waals surface area contributed by atoms with Crippen LogP contribution in [-0.2, 0) is 12.3 Å². The van der Waals surface area contributed by atoms with Gasteiger partial charge >= 0.3 is 0 Å². The Labute approximate surface area is 180 Å². The molecule has 1 heterocycles. The summed E-state index contributed by atoms with van der Waals surface area (Å²) in [7, 11) is 1.75. The van der Waals surface area contributed by atoms with Gasteiger partial charge in [0.15, 0.2) is 5.96 Å². The van der Waals surface area contributed by atoms with Crippen molar-refractivity contribution in [1.29, 1.82) is 0 Å². The molecule has 0 amide bonds. The Morgan fingerprint density at radius 2 is 2.08 bits per heavy atom. The van der Waals surface area contributed by atoms with Crippen LogP contribution in [0.2, 0.25) is 0 Å². The number of rotatable bonds is 8. The van der Waals surface area contributed by atoms with E-state index in [1.165, 1.54) is 6.07 Å². The third-order valence-electron chi connectivity index (χ3n) is 3.55. The number of thioether (sulfide) groups is 1. The maximum absolute atomic E-state index is 13.5. The number of hydrogen-bond acceptors (Lipinski definition) is 4. The molecule has 26 heavy (non-hydrogen) atoms. The first-order chi connectivity index (χ1) is 12.1. The van der Waals surface area contributed by atoms with E-state index in [0.717, 1.165) is 34.5 Å². The van der Waals surface area contributed by atoms with Crippen molar-refractivity contribution in [3.63, 3.8) is 0 Å². The van der Waals surface area contributed by atoms with Gasteiger partial charge in [-0.05, 0) is 17.5 Å². The van der Waals surface area contributed by atoms with Crippen molar-refractivity contribution in [2.75, 3.05) is 19.3 Å². The molecule has 0 aliphatic carbocycles. The number of thiazole rings is 1. The lowest BCUT2D eigenvalue weighted by atomic mass is 10.2. The molecule has 2 rings (SSSR count). The fourth-order valence-electron chi connectivity index (χ4n) is 2.09. The van der Waals surface area contributed by atoms with Gasteiger partial charge in [0, 0.05) is 30.5 Å². The van der Waals surface area contributed by atoms with E-state index in [9.17, 15) is 4.39 Å². The van der Waals surface area contributed by atoms with Gasteiger partial charge in [-0.2, -0.15) is 11.8 Å². The Morgan fingerprint density at radius 1 is 1.31 bits per heavy atom. The Morgan fingerprint density at radius 3 is 2.73 bits per heavy atom. The molecule has 0 unspecified atom stereocenters. The van der Waals surface area contributed by atoms with E-state index in [0.29, 0.717) is 18.2 Å². The summed E-state index contributed by atoms with van der Waals surface area (Å²) >= 11 is 3.36. The van der Waals surface area contributed by atoms with Crippen molar-refractivity contribution >= 4 is 53.0 Å². The topological polar surface area (TPSA) is 49.3 Å². The molecule has 144 valence electrons. The van der Waals surface area contributed by atoms with E-state index in [4.69, 9.17) is 0 Å². The van der Waals surface area contributed by atoms with Crippen LogP contribution in [0.5, 0.6) is 0 Å². The lowest BCUT2D eigenvalue weighted by molar-refractivity contribution is 0.617. The molecule has 4 nitrogen and oxygen atoms in total. The van der Waals surface area contributed by atoms with Crippen LogP contribution in [0.1, 0.15) is 36.0 Å². The standard InChI is InChI=1S/C18H25FN4S2.HI/c1-13(2)16-12-25-17(23-16)10-22-18(20-3)21-8-9-24-11-14-6-4-5-7-15(14)19;/h4-7,12-13H,8-11H2,1-3H3,(H2,20,21,22);1H. The van der Waals surface area contributed by atoms with Gasteiger partial charge in [-0.3, -0.25) is 4.99 Å². The van der Waals surface area contributed by atoms with E-state index in [-0.39, 0.29) is 29.8 Å². The van der Waals surface area contributed by atoms with Crippen molar-refractivity contribution in [2.24, 2.45) is 4.99 Å². The molecule has 0 bridgehead atoms. The Kier molecular flexibility index (Phi) is 11.1. The Balaban J connectivity index is 0.00000338. The molecule has 0 aliphatic heterocycles. The van der Waals surface area contributed by atoms with Gasteiger partial charge < -0.3 is 10.6 Å². The van der Waals surface area contributed by atoms with Crippen LogP contribution in [0.25, 0.3) is 0 Å². The second-order valence-corrected chi connectivity index (χ2v) is 7.87. The number of hydrogen-bond donors (Lipinski definition) is 2. The summed E-state index contributed by atoms with van der Waals surface area (Å²) in [5, 5.41) is 9.71. The number of benzene rings is 1. The van der Waals surface area contributed by atoms with Crippen molar-refractivity contribution in [1.82, 2.24) is 15.6 Å². The van der Waals surface area contributed by atoms with Gasteiger partial charge in [0.25, 0.3) is 0 Å². The van der Waals surface area contributed by atoms with Gasteiger partial charge in [-0.15, -0.1) is 35.3 Å².